The summed E-state index contributed by atoms with van der Waals surface area (Å²) < 4.78 is 2.31. The number of hydrogen-bond donors (Lipinski definition) is 1. The van der Waals surface area contributed by atoms with Crippen LogP contribution in [0.15, 0.2) is 12.3 Å². The second-order valence-corrected chi connectivity index (χ2v) is 4.81. The van der Waals surface area contributed by atoms with Gasteiger partial charge in [-0.05, 0) is 44.8 Å². The Hall–Kier alpha value is -0.830. The van der Waals surface area contributed by atoms with Gasteiger partial charge in [0.25, 0.3) is 0 Å². The van der Waals surface area contributed by atoms with Gasteiger partial charge in [0.15, 0.2) is 0 Å². The van der Waals surface area contributed by atoms with E-state index in [1.54, 1.807) is 0 Å². The molecule has 2 aliphatic rings. The van der Waals surface area contributed by atoms with Crippen LogP contribution in [0.25, 0.3) is 0 Å². The summed E-state index contributed by atoms with van der Waals surface area (Å²) in [4.78, 5) is 0. The Morgan fingerprint density at radius 1 is 1.20 bits per heavy atom. The third-order valence-electron chi connectivity index (χ3n) is 3.88. The van der Waals surface area contributed by atoms with Gasteiger partial charge in [0.1, 0.15) is 0 Å². The average molecular weight is 205 g/mol. The smallest absolute Gasteiger partial charge is 0.0546 e. The lowest BCUT2D eigenvalue weighted by Gasteiger charge is -2.30. The van der Waals surface area contributed by atoms with E-state index in [1.165, 1.54) is 37.8 Å². The largest absolute Gasteiger partial charge is 0.317 e. The minimum Gasteiger partial charge on any atom is -0.317 e. The second kappa shape index (κ2) is 3.97. The molecule has 1 saturated carbocycles. The van der Waals surface area contributed by atoms with E-state index in [0.29, 0.717) is 6.04 Å². The zero-order valence-electron chi connectivity index (χ0n) is 9.15. The highest BCUT2D eigenvalue weighted by Crippen LogP contribution is 2.37. The minimum atomic E-state index is 0.650. The van der Waals surface area contributed by atoms with Crippen LogP contribution in [0.4, 0.5) is 0 Å². The number of aromatic nitrogens is 2. The van der Waals surface area contributed by atoms with Crippen molar-refractivity contribution in [2.45, 2.75) is 44.1 Å². The molecule has 2 heterocycles. The highest BCUT2D eigenvalue weighted by Gasteiger charge is 2.26. The molecule has 1 saturated heterocycles. The van der Waals surface area contributed by atoms with Gasteiger partial charge in [0.2, 0.25) is 0 Å². The van der Waals surface area contributed by atoms with E-state index in [-0.39, 0.29) is 0 Å². The molecular weight excluding hydrogens is 186 g/mol. The minimum absolute atomic E-state index is 0.650. The van der Waals surface area contributed by atoms with Crippen molar-refractivity contribution in [3.63, 3.8) is 0 Å². The molecule has 3 heteroatoms. The number of piperidine rings is 1. The maximum Gasteiger partial charge on any atom is 0.0546 e. The van der Waals surface area contributed by atoms with Gasteiger partial charge in [0, 0.05) is 17.8 Å². The van der Waals surface area contributed by atoms with E-state index in [0.717, 1.165) is 19.0 Å². The van der Waals surface area contributed by atoms with Gasteiger partial charge in [-0.1, -0.05) is 6.42 Å². The normalized spacial score (nSPS) is 24.0. The van der Waals surface area contributed by atoms with Gasteiger partial charge >= 0.3 is 0 Å². The predicted octanol–water partition coefficient (Wildman–Crippen LogP) is 2.08. The first-order chi connectivity index (χ1) is 7.45. The fourth-order valence-electron chi connectivity index (χ4n) is 2.71. The van der Waals surface area contributed by atoms with E-state index in [9.17, 15) is 0 Å². The van der Waals surface area contributed by atoms with Crippen molar-refractivity contribution in [1.29, 1.82) is 0 Å². The molecule has 0 radical (unpaired) electrons. The highest BCUT2D eigenvalue weighted by atomic mass is 15.3. The monoisotopic (exact) mass is 205 g/mol. The molecule has 0 unspecified atom stereocenters. The molecule has 0 atom stereocenters. The standard InChI is InChI=1S/C12H19N3/c1-2-10(3-1)12-6-9-14-15(12)11-4-7-13-8-5-11/h6,9-11,13H,1-5,7-8H2. The SMILES string of the molecule is c1cc(C2CCC2)n(C2CCNCC2)n1. The summed E-state index contributed by atoms with van der Waals surface area (Å²) in [5, 5.41) is 7.94. The fourth-order valence-corrected chi connectivity index (χ4v) is 2.71. The van der Waals surface area contributed by atoms with E-state index in [1.807, 2.05) is 6.20 Å². The fraction of sp³-hybridized carbons (Fsp3) is 0.750. The molecule has 0 amide bonds. The molecule has 15 heavy (non-hydrogen) atoms. The molecule has 1 aromatic rings. The molecule has 0 aromatic carbocycles. The van der Waals surface area contributed by atoms with Crippen LogP contribution in [-0.2, 0) is 0 Å². The summed E-state index contributed by atoms with van der Waals surface area (Å²) in [6.45, 7) is 2.29. The van der Waals surface area contributed by atoms with Gasteiger partial charge in [-0.15, -0.1) is 0 Å². The summed E-state index contributed by atoms with van der Waals surface area (Å²) in [7, 11) is 0. The predicted molar refractivity (Wildman–Crippen MR) is 60.0 cm³/mol. The lowest BCUT2D eigenvalue weighted by molar-refractivity contribution is 0.309. The van der Waals surface area contributed by atoms with Crippen LogP contribution >= 0.6 is 0 Å². The first-order valence-electron chi connectivity index (χ1n) is 6.19. The molecule has 0 bridgehead atoms. The van der Waals surface area contributed by atoms with Crippen molar-refractivity contribution < 1.29 is 0 Å². The molecule has 1 aromatic heterocycles. The maximum absolute atomic E-state index is 4.53. The van der Waals surface area contributed by atoms with Gasteiger partial charge in [-0.2, -0.15) is 5.10 Å². The third-order valence-corrected chi connectivity index (χ3v) is 3.88. The highest BCUT2D eigenvalue weighted by molar-refractivity contribution is 5.12. The zero-order valence-corrected chi connectivity index (χ0v) is 9.15. The first kappa shape index (κ1) is 9.40. The topological polar surface area (TPSA) is 29.9 Å². The lowest BCUT2D eigenvalue weighted by atomic mass is 9.82. The molecule has 2 fully saturated rings. The van der Waals surface area contributed by atoms with E-state index >= 15 is 0 Å². The third kappa shape index (κ3) is 1.69. The van der Waals surface area contributed by atoms with Crippen molar-refractivity contribution in [3.8, 4) is 0 Å². The van der Waals surface area contributed by atoms with Crippen LogP contribution in [0.5, 0.6) is 0 Å². The Kier molecular flexibility index (Phi) is 2.49. The number of nitrogens with one attached hydrogen (secondary N) is 1. The van der Waals surface area contributed by atoms with Crippen molar-refractivity contribution >= 4 is 0 Å². The Balaban J connectivity index is 1.80. The summed E-state index contributed by atoms with van der Waals surface area (Å²) in [5.74, 6) is 0.808. The molecule has 1 aliphatic carbocycles. The zero-order chi connectivity index (χ0) is 10.1. The molecular formula is C12H19N3. The molecule has 1 N–H and O–H groups in total. The van der Waals surface area contributed by atoms with Crippen LogP contribution in [-0.4, -0.2) is 22.9 Å². The van der Waals surface area contributed by atoms with Crippen molar-refractivity contribution in [2.75, 3.05) is 13.1 Å². The molecule has 3 nitrogen and oxygen atoms in total. The summed E-state index contributed by atoms with van der Waals surface area (Å²) in [6.07, 6.45) is 8.61. The van der Waals surface area contributed by atoms with Crippen molar-refractivity contribution in [2.24, 2.45) is 0 Å². The second-order valence-electron chi connectivity index (χ2n) is 4.81. The van der Waals surface area contributed by atoms with Crippen LogP contribution in [0.1, 0.15) is 49.8 Å². The maximum atomic E-state index is 4.53. The molecule has 0 spiro atoms. The first-order valence-corrected chi connectivity index (χ1v) is 6.19. The van der Waals surface area contributed by atoms with Crippen molar-refractivity contribution in [1.82, 2.24) is 15.1 Å². The Labute approximate surface area is 90.9 Å². The van der Waals surface area contributed by atoms with E-state index < -0.39 is 0 Å². The van der Waals surface area contributed by atoms with Crippen LogP contribution in [0.2, 0.25) is 0 Å². The molecule has 1 aliphatic heterocycles. The van der Waals surface area contributed by atoms with Crippen LogP contribution in [0.3, 0.4) is 0 Å². The Morgan fingerprint density at radius 3 is 2.67 bits per heavy atom. The van der Waals surface area contributed by atoms with E-state index in [4.69, 9.17) is 0 Å². The van der Waals surface area contributed by atoms with Gasteiger partial charge in [-0.3, -0.25) is 4.68 Å². The number of nitrogens with zero attached hydrogens (tertiary/aromatic N) is 2. The summed E-state index contributed by atoms with van der Waals surface area (Å²) >= 11 is 0. The summed E-state index contributed by atoms with van der Waals surface area (Å²) in [6, 6.07) is 2.88. The van der Waals surface area contributed by atoms with Crippen molar-refractivity contribution in [3.05, 3.63) is 18.0 Å². The quantitative estimate of drug-likeness (QED) is 0.801. The van der Waals surface area contributed by atoms with Gasteiger partial charge < -0.3 is 5.32 Å². The van der Waals surface area contributed by atoms with Gasteiger partial charge in [0.05, 0.1) is 6.04 Å². The number of hydrogen-bond acceptors (Lipinski definition) is 2. The van der Waals surface area contributed by atoms with Gasteiger partial charge in [-0.25, -0.2) is 0 Å². The van der Waals surface area contributed by atoms with E-state index in [2.05, 4.69) is 21.2 Å². The average Bonchev–Trinajstić information content (AvgIpc) is 2.65. The molecule has 3 rings (SSSR count). The Bertz CT molecular complexity index is 321. The lowest BCUT2D eigenvalue weighted by Crippen LogP contribution is -2.31. The van der Waals surface area contributed by atoms with Crippen LogP contribution < -0.4 is 5.32 Å². The Morgan fingerprint density at radius 2 is 2.00 bits per heavy atom. The number of rotatable bonds is 2. The van der Waals surface area contributed by atoms with Crippen LogP contribution in [0, 0.1) is 0 Å². The molecule has 82 valence electrons. The summed E-state index contributed by atoms with van der Waals surface area (Å²) in [5.41, 5.74) is 1.49.